The van der Waals surface area contributed by atoms with E-state index in [1.165, 1.54) is 257 Å². The molecule has 0 aromatic heterocycles. The summed E-state index contributed by atoms with van der Waals surface area (Å²) in [6, 6.07) is 0. The predicted molar refractivity (Wildman–Crippen MR) is 274 cm³/mol. The van der Waals surface area contributed by atoms with Gasteiger partial charge in [0, 0.05) is 0 Å². The Morgan fingerprint density at radius 3 is 0.721 bits per heavy atom. The minimum atomic E-state index is -0.418. The highest BCUT2D eigenvalue weighted by Crippen LogP contribution is 2.25. The van der Waals surface area contributed by atoms with Gasteiger partial charge in [-0.2, -0.15) is 0 Å². The highest BCUT2D eigenvalue weighted by atomic mass is 16.5. The zero-order valence-corrected chi connectivity index (χ0v) is 42.1. The number of unbranched alkanes of at least 4 members (excludes halogenated alkanes) is 40. The Morgan fingerprint density at radius 2 is 0.492 bits per heavy atom. The van der Waals surface area contributed by atoms with Gasteiger partial charge in [-0.15, -0.1) is 13.2 Å². The first-order valence-corrected chi connectivity index (χ1v) is 28.3. The van der Waals surface area contributed by atoms with Crippen molar-refractivity contribution < 1.29 is 14.9 Å². The lowest BCUT2D eigenvalue weighted by molar-refractivity contribution is -0.125. The van der Waals surface area contributed by atoms with Gasteiger partial charge in [-0.25, -0.2) is 0 Å². The van der Waals surface area contributed by atoms with Crippen LogP contribution in [0, 0.1) is 0 Å². The molecule has 0 fully saturated rings. The largest absolute Gasteiger partial charge is 0.390 e. The molecule has 61 heavy (non-hydrogen) atoms. The van der Waals surface area contributed by atoms with E-state index < -0.39 is 12.2 Å². The molecule has 0 bridgehead atoms. The molecule has 0 spiro atoms. The zero-order valence-electron chi connectivity index (χ0n) is 42.1. The van der Waals surface area contributed by atoms with Crippen LogP contribution in [0.3, 0.4) is 0 Å². The van der Waals surface area contributed by atoms with Gasteiger partial charge >= 0.3 is 0 Å². The van der Waals surface area contributed by atoms with Gasteiger partial charge in [-0.1, -0.05) is 283 Å². The van der Waals surface area contributed by atoms with Crippen LogP contribution in [-0.4, -0.2) is 34.6 Å². The van der Waals surface area contributed by atoms with E-state index in [1.54, 1.807) is 0 Å². The lowest BCUT2D eigenvalue weighted by atomic mass is 9.96. The number of hydrogen-bond acceptors (Lipinski definition) is 3. The molecule has 3 nitrogen and oxygen atoms in total. The average Bonchev–Trinajstić information content (AvgIpc) is 3.26. The molecule has 0 amide bonds. The van der Waals surface area contributed by atoms with E-state index in [0.717, 1.165) is 51.4 Å². The van der Waals surface area contributed by atoms with E-state index in [4.69, 9.17) is 4.74 Å². The van der Waals surface area contributed by atoms with Crippen molar-refractivity contribution in [3.05, 3.63) is 25.3 Å². The minimum Gasteiger partial charge on any atom is -0.390 e. The van der Waals surface area contributed by atoms with E-state index in [9.17, 15) is 10.2 Å². The Hall–Kier alpha value is -0.640. The third-order valence-corrected chi connectivity index (χ3v) is 13.7. The number of aliphatic hydroxyl groups is 2. The molecule has 0 aromatic carbocycles. The van der Waals surface area contributed by atoms with Crippen molar-refractivity contribution in [2.75, 3.05) is 0 Å². The Balaban J connectivity index is 4.68. The van der Waals surface area contributed by atoms with Crippen LogP contribution in [0.5, 0.6) is 0 Å². The monoisotopic (exact) mass is 859 g/mol. The van der Waals surface area contributed by atoms with Gasteiger partial charge in [0.15, 0.2) is 0 Å². The highest BCUT2D eigenvalue weighted by molar-refractivity contribution is 4.77. The summed E-state index contributed by atoms with van der Waals surface area (Å²) in [6.07, 6.45) is 64.5. The fourth-order valence-electron chi connectivity index (χ4n) is 9.43. The molecule has 364 valence electrons. The van der Waals surface area contributed by atoms with E-state index in [2.05, 4.69) is 39.2 Å². The molecule has 0 radical (unpaired) electrons. The Morgan fingerprint density at radius 1 is 0.295 bits per heavy atom. The van der Waals surface area contributed by atoms with Crippen LogP contribution >= 0.6 is 0 Å². The van der Waals surface area contributed by atoms with Crippen LogP contribution in [0.4, 0.5) is 0 Å². The molecule has 0 aromatic rings. The quantitative estimate of drug-likeness (QED) is 0.0473. The van der Waals surface area contributed by atoms with E-state index >= 15 is 0 Å². The second-order valence-electron chi connectivity index (χ2n) is 19.8. The molecule has 0 aliphatic rings. The Kier molecular flexibility index (Phi) is 51.4. The van der Waals surface area contributed by atoms with Crippen molar-refractivity contribution in [3.63, 3.8) is 0 Å². The van der Waals surface area contributed by atoms with Gasteiger partial charge in [-0.05, 0) is 51.4 Å². The second kappa shape index (κ2) is 52.0. The molecule has 0 heterocycles. The van der Waals surface area contributed by atoms with E-state index in [0.29, 0.717) is 0 Å². The molecule has 0 aliphatic heterocycles. The van der Waals surface area contributed by atoms with Crippen molar-refractivity contribution in [1.29, 1.82) is 0 Å². The Bertz CT molecular complexity index is 826. The maximum absolute atomic E-state index is 11.6. The number of allylic oxidation sites excluding steroid dienone is 2. The van der Waals surface area contributed by atoms with Gasteiger partial charge in [0.25, 0.3) is 0 Å². The fraction of sp³-hybridized carbons (Fsp3) is 0.931. The molecule has 0 aliphatic carbocycles. The van der Waals surface area contributed by atoms with Crippen molar-refractivity contribution >= 4 is 0 Å². The van der Waals surface area contributed by atoms with Crippen molar-refractivity contribution in [3.8, 4) is 0 Å². The lowest BCUT2D eigenvalue weighted by Crippen LogP contribution is -2.38. The smallest absolute Gasteiger partial charge is 0.0839 e. The van der Waals surface area contributed by atoms with Gasteiger partial charge in [0.1, 0.15) is 0 Å². The number of aliphatic hydroxyl groups excluding tert-OH is 2. The van der Waals surface area contributed by atoms with Crippen LogP contribution in [0.1, 0.15) is 322 Å². The summed E-state index contributed by atoms with van der Waals surface area (Å²) in [5, 5.41) is 23.2. The first-order chi connectivity index (χ1) is 30.1. The minimum absolute atomic E-state index is 0.144. The molecular weight excluding hydrogens is 745 g/mol. The molecule has 4 atom stereocenters. The first-order valence-electron chi connectivity index (χ1n) is 28.3. The van der Waals surface area contributed by atoms with Crippen LogP contribution in [0.2, 0.25) is 0 Å². The maximum atomic E-state index is 11.6. The van der Waals surface area contributed by atoms with E-state index in [-0.39, 0.29) is 12.2 Å². The Labute approximate surface area is 385 Å². The van der Waals surface area contributed by atoms with Gasteiger partial charge < -0.3 is 14.9 Å². The number of hydrogen-bond donors (Lipinski definition) is 2. The molecule has 2 N–H and O–H groups in total. The molecule has 0 saturated heterocycles. The molecular formula is C58H114O3. The molecule has 0 saturated carbocycles. The highest BCUT2D eigenvalue weighted by Gasteiger charge is 2.27. The zero-order chi connectivity index (χ0) is 44.4. The number of ether oxygens (including phenoxy) is 1. The standard InChI is InChI=1S/C58H114O3/c1-5-9-13-17-21-23-25-27-29-31-33-35-37-39-41-44-48-52-56(60)57(53-49-45-20-16-12-8-4)61-58(55(59)51-47-43-19-15-11-7-3)54-50-46-42-40-38-36-34-32-30-28-26-24-22-18-14-10-6-2/h5-6,55-60H,1-2,7-54H2,3-4H3. The van der Waals surface area contributed by atoms with E-state index in [1.807, 2.05) is 0 Å². The van der Waals surface area contributed by atoms with Crippen LogP contribution in [0.25, 0.3) is 0 Å². The van der Waals surface area contributed by atoms with Crippen LogP contribution in [-0.2, 0) is 4.74 Å². The summed E-state index contributed by atoms with van der Waals surface area (Å²) in [4.78, 5) is 0. The van der Waals surface area contributed by atoms with Crippen molar-refractivity contribution in [2.24, 2.45) is 0 Å². The van der Waals surface area contributed by atoms with Crippen molar-refractivity contribution in [2.45, 2.75) is 346 Å². The molecule has 3 heteroatoms. The van der Waals surface area contributed by atoms with Crippen LogP contribution in [0.15, 0.2) is 25.3 Å². The molecule has 0 rings (SSSR count). The second-order valence-corrected chi connectivity index (χ2v) is 19.8. The summed E-state index contributed by atoms with van der Waals surface area (Å²) >= 11 is 0. The number of rotatable bonds is 54. The normalized spacial score (nSPS) is 13.7. The summed E-state index contributed by atoms with van der Waals surface area (Å²) in [5.41, 5.74) is 0. The first kappa shape index (κ1) is 60.4. The summed E-state index contributed by atoms with van der Waals surface area (Å²) in [7, 11) is 0. The SMILES string of the molecule is C=CCCCCCCCCCCCCCCCCCC(O)C(CCCCCCCC)OC(CCCCCCCCCCCCCCCCCC=C)C(O)CCCCCCCC. The maximum Gasteiger partial charge on any atom is 0.0839 e. The molecule has 4 unspecified atom stereocenters. The summed E-state index contributed by atoms with van der Waals surface area (Å²) in [6.45, 7) is 12.2. The van der Waals surface area contributed by atoms with Crippen molar-refractivity contribution in [1.82, 2.24) is 0 Å². The summed E-state index contributed by atoms with van der Waals surface area (Å²) < 4.78 is 6.90. The predicted octanol–water partition coefficient (Wildman–Crippen LogP) is 19.6. The average molecular weight is 860 g/mol. The van der Waals surface area contributed by atoms with Gasteiger partial charge in [0.2, 0.25) is 0 Å². The van der Waals surface area contributed by atoms with Crippen LogP contribution < -0.4 is 0 Å². The third-order valence-electron chi connectivity index (χ3n) is 13.7. The topological polar surface area (TPSA) is 49.7 Å². The lowest BCUT2D eigenvalue weighted by Gasteiger charge is -2.31. The van der Waals surface area contributed by atoms with Gasteiger partial charge in [0.05, 0.1) is 24.4 Å². The summed E-state index contributed by atoms with van der Waals surface area (Å²) in [5.74, 6) is 0. The fourth-order valence-corrected chi connectivity index (χ4v) is 9.43. The third kappa shape index (κ3) is 45.7. The van der Waals surface area contributed by atoms with Gasteiger partial charge in [-0.3, -0.25) is 0 Å².